The second-order valence-electron chi connectivity index (χ2n) is 5.93. The molecule has 25 heavy (non-hydrogen) atoms. The van der Waals surface area contributed by atoms with Gasteiger partial charge in [-0.05, 0) is 23.8 Å². The molecule has 0 amide bonds. The number of aromatic nitrogens is 2. The minimum atomic E-state index is -3.86. The van der Waals surface area contributed by atoms with Crippen molar-refractivity contribution in [2.75, 3.05) is 0 Å². The Morgan fingerprint density at radius 2 is 1.88 bits per heavy atom. The molecule has 0 bridgehead atoms. The van der Waals surface area contributed by atoms with E-state index in [1.165, 1.54) is 22.5 Å². The standard InChI is InChI=1S/C18H16FN3O2S/c19-15-7-4-8-16(11-15)25(23,24)22-13-18-20-9-10-21(18)12-17(22)14-5-2-1-3-6-14/h1-11,17H,12-13H2. The summed E-state index contributed by atoms with van der Waals surface area (Å²) in [6, 6.07) is 14.2. The molecule has 5 nitrogen and oxygen atoms in total. The van der Waals surface area contributed by atoms with Crippen LogP contribution >= 0.6 is 0 Å². The van der Waals surface area contributed by atoms with E-state index >= 15 is 0 Å². The van der Waals surface area contributed by atoms with Crippen molar-refractivity contribution >= 4 is 10.0 Å². The van der Waals surface area contributed by atoms with Gasteiger partial charge in [0.25, 0.3) is 0 Å². The van der Waals surface area contributed by atoms with Crippen LogP contribution in [0.25, 0.3) is 0 Å². The molecular formula is C18H16FN3O2S. The summed E-state index contributed by atoms with van der Waals surface area (Å²) in [4.78, 5) is 4.19. The molecule has 1 aliphatic heterocycles. The van der Waals surface area contributed by atoms with E-state index in [1.807, 2.05) is 41.1 Å². The molecule has 1 aromatic heterocycles. The van der Waals surface area contributed by atoms with Gasteiger partial charge in [0.1, 0.15) is 11.6 Å². The van der Waals surface area contributed by atoms with Gasteiger partial charge in [-0.2, -0.15) is 4.31 Å². The first-order valence-corrected chi connectivity index (χ1v) is 9.32. The molecule has 7 heteroatoms. The van der Waals surface area contributed by atoms with E-state index in [1.54, 1.807) is 6.20 Å². The fourth-order valence-corrected chi connectivity index (χ4v) is 4.74. The molecule has 2 heterocycles. The Bertz CT molecular complexity index is 1000. The lowest BCUT2D eigenvalue weighted by molar-refractivity contribution is 0.243. The van der Waals surface area contributed by atoms with Gasteiger partial charge in [-0.25, -0.2) is 17.8 Å². The highest BCUT2D eigenvalue weighted by molar-refractivity contribution is 7.89. The first-order valence-electron chi connectivity index (χ1n) is 7.88. The van der Waals surface area contributed by atoms with Crippen molar-refractivity contribution in [1.82, 2.24) is 13.9 Å². The summed E-state index contributed by atoms with van der Waals surface area (Å²) in [5.74, 6) is 0.100. The predicted octanol–water partition coefficient (Wildman–Crippen LogP) is 2.97. The molecule has 0 fully saturated rings. The van der Waals surface area contributed by atoms with Gasteiger partial charge in [-0.3, -0.25) is 0 Å². The Hall–Kier alpha value is -2.51. The summed E-state index contributed by atoms with van der Waals surface area (Å²) >= 11 is 0. The first-order chi connectivity index (χ1) is 12.1. The van der Waals surface area contributed by atoms with E-state index in [0.29, 0.717) is 12.4 Å². The van der Waals surface area contributed by atoms with E-state index in [0.717, 1.165) is 11.6 Å². The Morgan fingerprint density at radius 1 is 1.08 bits per heavy atom. The third-order valence-electron chi connectivity index (χ3n) is 4.40. The van der Waals surface area contributed by atoms with Gasteiger partial charge in [0.15, 0.2) is 0 Å². The molecule has 0 saturated heterocycles. The highest BCUT2D eigenvalue weighted by Crippen LogP contribution is 2.34. The fraction of sp³-hybridized carbons (Fsp3) is 0.167. The quantitative estimate of drug-likeness (QED) is 0.724. The molecule has 2 aromatic carbocycles. The Morgan fingerprint density at radius 3 is 2.64 bits per heavy atom. The van der Waals surface area contributed by atoms with Gasteiger partial charge < -0.3 is 4.57 Å². The van der Waals surface area contributed by atoms with Crippen molar-refractivity contribution < 1.29 is 12.8 Å². The number of fused-ring (bicyclic) bond motifs is 1. The molecule has 3 aromatic rings. The van der Waals surface area contributed by atoms with Crippen molar-refractivity contribution in [3.8, 4) is 0 Å². The lowest BCUT2D eigenvalue weighted by Crippen LogP contribution is -2.41. The average Bonchev–Trinajstić information content (AvgIpc) is 3.09. The molecule has 0 radical (unpaired) electrons. The van der Waals surface area contributed by atoms with E-state index in [-0.39, 0.29) is 17.5 Å². The van der Waals surface area contributed by atoms with Crippen LogP contribution in [-0.4, -0.2) is 22.3 Å². The van der Waals surface area contributed by atoms with Crippen LogP contribution in [0.5, 0.6) is 0 Å². The monoisotopic (exact) mass is 357 g/mol. The van der Waals surface area contributed by atoms with Gasteiger partial charge in [0, 0.05) is 18.9 Å². The highest BCUT2D eigenvalue weighted by atomic mass is 32.2. The van der Waals surface area contributed by atoms with Crippen LogP contribution in [0.1, 0.15) is 17.4 Å². The van der Waals surface area contributed by atoms with Crippen LogP contribution in [-0.2, 0) is 23.1 Å². The Labute approximate surface area is 145 Å². The van der Waals surface area contributed by atoms with Crippen molar-refractivity contribution in [2.24, 2.45) is 0 Å². The highest BCUT2D eigenvalue weighted by Gasteiger charge is 2.37. The number of halogens is 1. The van der Waals surface area contributed by atoms with Crippen LogP contribution < -0.4 is 0 Å². The van der Waals surface area contributed by atoms with Crippen LogP contribution in [0, 0.1) is 5.82 Å². The Kier molecular flexibility index (Phi) is 3.89. The zero-order valence-electron chi connectivity index (χ0n) is 13.3. The van der Waals surface area contributed by atoms with Crippen molar-refractivity contribution in [3.63, 3.8) is 0 Å². The van der Waals surface area contributed by atoms with Crippen molar-refractivity contribution in [3.05, 3.63) is 84.2 Å². The normalized spacial score (nSPS) is 18.0. The first kappa shape index (κ1) is 16.0. The van der Waals surface area contributed by atoms with Gasteiger partial charge in [-0.15, -0.1) is 0 Å². The van der Waals surface area contributed by atoms with E-state index in [2.05, 4.69) is 4.98 Å². The minimum absolute atomic E-state index is 0.0477. The molecule has 1 unspecified atom stereocenters. The maximum Gasteiger partial charge on any atom is 0.244 e. The van der Waals surface area contributed by atoms with Gasteiger partial charge in [0.2, 0.25) is 10.0 Å². The van der Waals surface area contributed by atoms with E-state index in [9.17, 15) is 12.8 Å². The predicted molar refractivity (Wildman–Crippen MR) is 90.5 cm³/mol. The van der Waals surface area contributed by atoms with E-state index < -0.39 is 15.8 Å². The smallest absolute Gasteiger partial charge is 0.244 e. The summed E-state index contributed by atoms with van der Waals surface area (Å²) in [6.07, 6.45) is 3.51. The summed E-state index contributed by atoms with van der Waals surface area (Å²) < 4.78 is 43.3. The molecule has 4 rings (SSSR count). The SMILES string of the molecule is O=S(=O)(c1cccc(F)c1)N1Cc2nccn2CC1c1ccccc1. The van der Waals surface area contributed by atoms with Gasteiger partial charge in [-0.1, -0.05) is 36.4 Å². The van der Waals surface area contributed by atoms with E-state index in [4.69, 9.17) is 0 Å². The molecule has 0 spiro atoms. The zero-order valence-corrected chi connectivity index (χ0v) is 14.1. The number of imidazole rings is 1. The average molecular weight is 357 g/mol. The largest absolute Gasteiger partial charge is 0.332 e. The lowest BCUT2D eigenvalue weighted by Gasteiger charge is -2.35. The van der Waals surface area contributed by atoms with Crippen LogP contribution in [0.4, 0.5) is 4.39 Å². The number of hydrogen-bond acceptors (Lipinski definition) is 3. The number of nitrogens with zero attached hydrogens (tertiary/aromatic N) is 3. The molecular weight excluding hydrogens is 341 g/mol. The second-order valence-corrected chi connectivity index (χ2v) is 7.82. The minimum Gasteiger partial charge on any atom is -0.332 e. The van der Waals surface area contributed by atoms with Crippen LogP contribution in [0.3, 0.4) is 0 Å². The van der Waals surface area contributed by atoms with Crippen molar-refractivity contribution in [1.29, 1.82) is 0 Å². The topological polar surface area (TPSA) is 55.2 Å². The maximum atomic E-state index is 13.6. The van der Waals surface area contributed by atoms with Gasteiger partial charge >= 0.3 is 0 Å². The summed E-state index contributed by atoms with van der Waals surface area (Å²) in [5.41, 5.74) is 0.891. The molecule has 0 aliphatic carbocycles. The van der Waals surface area contributed by atoms with Crippen molar-refractivity contribution in [2.45, 2.75) is 24.0 Å². The van der Waals surface area contributed by atoms with Crippen LogP contribution in [0.15, 0.2) is 71.9 Å². The summed E-state index contributed by atoms with van der Waals surface area (Å²) in [5, 5.41) is 0. The number of sulfonamides is 1. The second kappa shape index (κ2) is 6.09. The third kappa shape index (κ3) is 2.85. The molecule has 1 atom stereocenters. The lowest BCUT2D eigenvalue weighted by atomic mass is 10.1. The number of benzene rings is 2. The molecule has 0 N–H and O–H groups in total. The zero-order chi connectivity index (χ0) is 17.4. The fourth-order valence-electron chi connectivity index (χ4n) is 3.15. The number of rotatable bonds is 3. The Balaban J connectivity index is 1.82. The molecule has 1 aliphatic rings. The van der Waals surface area contributed by atoms with Gasteiger partial charge in [0.05, 0.1) is 17.5 Å². The number of hydrogen-bond donors (Lipinski definition) is 0. The summed E-state index contributed by atoms with van der Waals surface area (Å²) in [7, 11) is -3.86. The third-order valence-corrected chi connectivity index (χ3v) is 6.25. The maximum absolute atomic E-state index is 13.6. The molecule has 0 saturated carbocycles. The molecule has 128 valence electrons. The van der Waals surface area contributed by atoms with Crippen LogP contribution in [0.2, 0.25) is 0 Å². The summed E-state index contributed by atoms with van der Waals surface area (Å²) in [6.45, 7) is 0.610.